The topological polar surface area (TPSA) is 118 Å². The predicted octanol–water partition coefficient (Wildman–Crippen LogP) is 3.15. The zero-order valence-electron chi connectivity index (χ0n) is 18.4. The molecule has 0 radical (unpaired) electrons. The van der Waals surface area contributed by atoms with Crippen LogP contribution in [0.4, 0.5) is 22.1 Å². The van der Waals surface area contributed by atoms with Gasteiger partial charge < -0.3 is 26.0 Å². The number of carbonyl (C=O) groups is 1. The Morgan fingerprint density at radius 1 is 0.938 bits per heavy atom. The van der Waals surface area contributed by atoms with Gasteiger partial charge in [0.1, 0.15) is 0 Å². The average Bonchev–Trinajstić information content (AvgIpc) is 2.79. The molecular formula is C23H27N7O2. The first-order valence-corrected chi connectivity index (χ1v) is 10.5. The van der Waals surface area contributed by atoms with Gasteiger partial charge in [0.05, 0.1) is 25.3 Å². The molecule has 0 saturated carbocycles. The molecule has 2 heterocycles. The summed E-state index contributed by atoms with van der Waals surface area (Å²) in [5.74, 6) is 1.74. The number of ether oxygens (including phenoxy) is 1. The second-order valence-corrected chi connectivity index (χ2v) is 7.83. The standard InChI is InChI=1S/C23H27N7O2/c1-14-12-32-13-15(2)30(14)22-28-20(16-4-8-18(24)9-5-16)27-21(29-22)17-6-10-19(11-7-17)26-23(31)25-3/h4-11,14-15H,12-13,24H2,1-3H3,(H2,25,26,31). The van der Waals surface area contributed by atoms with E-state index in [0.717, 1.165) is 11.1 Å². The number of morpholine rings is 1. The Balaban J connectivity index is 1.76. The van der Waals surface area contributed by atoms with Crippen LogP contribution in [0.3, 0.4) is 0 Å². The molecule has 1 fully saturated rings. The number of anilines is 3. The monoisotopic (exact) mass is 433 g/mol. The highest BCUT2D eigenvalue weighted by Crippen LogP contribution is 2.27. The van der Waals surface area contributed by atoms with Gasteiger partial charge in [0.15, 0.2) is 11.6 Å². The molecule has 3 aromatic rings. The summed E-state index contributed by atoms with van der Waals surface area (Å²) in [5.41, 5.74) is 8.89. The molecular weight excluding hydrogens is 406 g/mol. The fourth-order valence-electron chi connectivity index (χ4n) is 3.67. The summed E-state index contributed by atoms with van der Waals surface area (Å²) in [4.78, 5) is 28.1. The number of nitrogens with two attached hydrogens (primary N) is 1. The van der Waals surface area contributed by atoms with Crippen molar-refractivity contribution in [2.45, 2.75) is 25.9 Å². The maximum atomic E-state index is 11.6. The third-order valence-electron chi connectivity index (χ3n) is 5.32. The third kappa shape index (κ3) is 4.62. The Morgan fingerprint density at radius 2 is 1.47 bits per heavy atom. The summed E-state index contributed by atoms with van der Waals surface area (Å²) in [6.07, 6.45) is 0. The van der Waals surface area contributed by atoms with Crippen LogP contribution in [0.25, 0.3) is 22.8 Å². The molecule has 2 amide bonds. The average molecular weight is 434 g/mol. The molecule has 2 unspecified atom stereocenters. The first-order valence-electron chi connectivity index (χ1n) is 10.5. The van der Waals surface area contributed by atoms with Crippen LogP contribution in [0.5, 0.6) is 0 Å². The lowest BCUT2D eigenvalue weighted by Crippen LogP contribution is -2.50. The SMILES string of the molecule is CNC(=O)Nc1ccc(-c2nc(-c3ccc(N)cc3)nc(N3C(C)COCC3C)n2)cc1. The number of nitrogen functional groups attached to an aromatic ring is 1. The van der Waals surface area contributed by atoms with Crippen molar-refractivity contribution in [3.63, 3.8) is 0 Å². The molecule has 0 spiro atoms. The highest BCUT2D eigenvalue weighted by molar-refractivity contribution is 5.89. The second-order valence-electron chi connectivity index (χ2n) is 7.83. The Kier molecular flexibility index (Phi) is 6.18. The fraction of sp³-hybridized carbons (Fsp3) is 0.304. The number of hydrogen-bond donors (Lipinski definition) is 3. The van der Waals surface area contributed by atoms with E-state index in [0.29, 0.717) is 42.2 Å². The van der Waals surface area contributed by atoms with E-state index in [1.807, 2.05) is 48.5 Å². The minimum atomic E-state index is -0.277. The molecule has 4 N–H and O–H groups in total. The zero-order chi connectivity index (χ0) is 22.7. The number of rotatable bonds is 4. The lowest BCUT2D eigenvalue weighted by molar-refractivity contribution is 0.0747. The molecule has 0 bridgehead atoms. The van der Waals surface area contributed by atoms with Crippen LogP contribution in [-0.4, -0.2) is 53.3 Å². The molecule has 166 valence electrons. The Bertz CT molecular complexity index is 1080. The lowest BCUT2D eigenvalue weighted by atomic mass is 10.1. The van der Waals surface area contributed by atoms with E-state index in [1.54, 1.807) is 7.05 Å². The highest BCUT2D eigenvalue weighted by atomic mass is 16.5. The van der Waals surface area contributed by atoms with Crippen molar-refractivity contribution in [2.75, 3.05) is 36.2 Å². The summed E-state index contributed by atoms with van der Waals surface area (Å²) in [7, 11) is 1.57. The van der Waals surface area contributed by atoms with Crippen molar-refractivity contribution in [3.8, 4) is 22.8 Å². The van der Waals surface area contributed by atoms with Gasteiger partial charge in [-0.3, -0.25) is 0 Å². The Labute approximate surface area is 187 Å². The highest BCUT2D eigenvalue weighted by Gasteiger charge is 2.28. The van der Waals surface area contributed by atoms with Gasteiger partial charge in [0, 0.05) is 29.5 Å². The lowest BCUT2D eigenvalue weighted by Gasteiger charge is -2.38. The predicted molar refractivity (Wildman–Crippen MR) is 125 cm³/mol. The van der Waals surface area contributed by atoms with Gasteiger partial charge in [-0.15, -0.1) is 0 Å². The van der Waals surface area contributed by atoms with Crippen LogP contribution in [0.15, 0.2) is 48.5 Å². The van der Waals surface area contributed by atoms with Gasteiger partial charge in [-0.05, 0) is 62.4 Å². The number of benzene rings is 2. The maximum Gasteiger partial charge on any atom is 0.318 e. The van der Waals surface area contributed by atoms with Crippen LogP contribution in [0.2, 0.25) is 0 Å². The molecule has 32 heavy (non-hydrogen) atoms. The number of hydrogen-bond acceptors (Lipinski definition) is 7. The minimum Gasteiger partial charge on any atom is -0.399 e. The summed E-state index contributed by atoms with van der Waals surface area (Å²) in [6.45, 7) is 5.42. The van der Waals surface area contributed by atoms with Gasteiger partial charge in [0.2, 0.25) is 5.95 Å². The van der Waals surface area contributed by atoms with Crippen LogP contribution in [0, 0.1) is 0 Å². The molecule has 1 aliphatic rings. The van der Waals surface area contributed by atoms with E-state index in [-0.39, 0.29) is 18.1 Å². The number of urea groups is 1. The summed E-state index contributed by atoms with van der Waals surface area (Å²) >= 11 is 0. The molecule has 2 atom stereocenters. The number of nitrogens with zero attached hydrogens (tertiary/aromatic N) is 4. The summed E-state index contributed by atoms with van der Waals surface area (Å²) in [6, 6.07) is 14.8. The second kappa shape index (κ2) is 9.19. The van der Waals surface area contributed by atoms with Crippen LogP contribution < -0.4 is 21.3 Å². The zero-order valence-corrected chi connectivity index (χ0v) is 18.4. The van der Waals surface area contributed by atoms with Crippen molar-refractivity contribution in [2.24, 2.45) is 0 Å². The Morgan fingerprint density at radius 3 is 2.00 bits per heavy atom. The smallest absolute Gasteiger partial charge is 0.318 e. The first kappa shape index (κ1) is 21.5. The van der Waals surface area contributed by atoms with Crippen molar-refractivity contribution in [3.05, 3.63) is 48.5 Å². The van der Waals surface area contributed by atoms with Gasteiger partial charge in [0.25, 0.3) is 0 Å². The third-order valence-corrected chi connectivity index (χ3v) is 5.32. The van der Waals surface area contributed by atoms with Gasteiger partial charge in [-0.2, -0.15) is 9.97 Å². The summed E-state index contributed by atoms with van der Waals surface area (Å²) < 4.78 is 5.68. The molecule has 4 rings (SSSR count). The number of amides is 2. The number of carbonyl (C=O) groups excluding carboxylic acids is 1. The molecule has 2 aromatic carbocycles. The number of aromatic nitrogens is 3. The number of nitrogens with one attached hydrogen (secondary N) is 2. The van der Waals surface area contributed by atoms with E-state index in [1.165, 1.54) is 0 Å². The summed E-state index contributed by atoms with van der Waals surface area (Å²) in [5, 5.41) is 5.28. The van der Waals surface area contributed by atoms with Crippen molar-refractivity contribution >= 4 is 23.4 Å². The molecule has 9 heteroatoms. The minimum absolute atomic E-state index is 0.132. The van der Waals surface area contributed by atoms with Crippen LogP contribution >= 0.6 is 0 Å². The molecule has 1 aromatic heterocycles. The van der Waals surface area contributed by atoms with Gasteiger partial charge in [-0.25, -0.2) is 9.78 Å². The van der Waals surface area contributed by atoms with E-state index in [9.17, 15) is 4.79 Å². The van der Waals surface area contributed by atoms with Crippen LogP contribution in [-0.2, 0) is 4.74 Å². The molecule has 9 nitrogen and oxygen atoms in total. The van der Waals surface area contributed by atoms with Crippen molar-refractivity contribution < 1.29 is 9.53 Å². The molecule has 1 aliphatic heterocycles. The van der Waals surface area contributed by atoms with Gasteiger partial charge >= 0.3 is 6.03 Å². The normalized spacial score (nSPS) is 18.3. The van der Waals surface area contributed by atoms with Crippen LogP contribution in [0.1, 0.15) is 13.8 Å². The largest absolute Gasteiger partial charge is 0.399 e. The van der Waals surface area contributed by atoms with Crippen molar-refractivity contribution in [1.29, 1.82) is 0 Å². The fourth-order valence-corrected chi connectivity index (χ4v) is 3.67. The Hall–Kier alpha value is -3.72. The van der Waals surface area contributed by atoms with Gasteiger partial charge in [-0.1, -0.05) is 0 Å². The van der Waals surface area contributed by atoms with E-state index in [2.05, 4.69) is 29.4 Å². The van der Waals surface area contributed by atoms with Crippen molar-refractivity contribution in [1.82, 2.24) is 20.3 Å². The van der Waals surface area contributed by atoms with E-state index >= 15 is 0 Å². The first-order chi connectivity index (χ1) is 15.4. The molecule has 1 saturated heterocycles. The molecule has 0 aliphatic carbocycles. The quantitative estimate of drug-likeness (QED) is 0.541. The maximum absolute atomic E-state index is 11.6. The van der Waals surface area contributed by atoms with E-state index < -0.39 is 0 Å². The van der Waals surface area contributed by atoms with E-state index in [4.69, 9.17) is 25.4 Å².